The van der Waals surface area contributed by atoms with Gasteiger partial charge in [0.05, 0.1) is 24.9 Å². The van der Waals surface area contributed by atoms with Crippen LogP contribution in [0, 0.1) is 13.8 Å². The summed E-state index contributed by atoms with van der Waals surface area (Å²) >= 11 is 0. The fourth-order valence-corrected chi connectivity index (χ4v) is 2.26. The third kappa shape index (κ3) is 4.32. The maximum Gasteiger partial charge on any atom is 0.339 e. The van der Waals surface area contributed by atoms with E-state index in [2.05, 4.69) is 10.6 Å². The fourth-order valence-electron chi connectivity index (χ4n) is 2.26. The van der Waals surface area contributed by atoms with E-state index in [1.54, 1.807) is 24.3 Å². The molecule has 0 heterocycles. The molecule has 2 aromatic carbocycles. The van der Waals surface area contributed by atoms with Gasteiger partial charge in [0.15, 0.2) is 0 Å². The molecule has 0 radical (unpaired) electrons. The Hall–Kier alpha value is -2.82. The standard InChI is InChI=1S/C18H20N2O3/c1-12-8-9-15(13(2)10-12)19-11-17(21)20-16-7-5-4-6-14(16)18(22)23-3/h4-10,19H,11H2,1-3H3,(H,20,21). The number of carbonyl (C=O) groups is 2. The maximum absolute atomic E-state index is 12.1. The van der Waals surface area contributed by atoms with Crippen LogP contribution in [0.1, 0.15) is 21.5 Å². The van der Waals surface area contributed by atoms with E-state index >= 15 is 0 Å². The van der Waals surface area contributed by atoms with Crippen molar-refractivity contribution in [1.29, 1.82) is 0 Å². The molecular formula is C18H20N2O3. The number of hydrogen-bond donors (Lipinski definition) is 2. The van der Waals surface area contributed by atoms with Crippen LogP contribution in [0.3, 0.4) is 0 Å². The monoisotopic (exact) mass is 312 g/mol. The van der Waals surface area contributed by atoms with Gasteiger partial charge in [0.2, 0.25) is 5.91 Å². The molecule has 0 aliphatic carbocycles. The van der Waals surface area contributed by atoms with Crippen molar-refractivity contribution in [2.45, 2.75) is 13.8 Å². The van der Waals surface area contributed by atoms with Gasteiger partial charge in [-0.2, -0.15) is 0 Å². The first-order chi connectivity index (χ1) is 11.0. The van der Waals surface area contributed by atoms with Crippen molar-refractivity contribution in [2.24, 2.45) is 0 Å². The number of nitrogens with one attached hydrogen (secondary N) is 2. The summed E-state index contributed by atoms with van der Waals surface area (Å²) in [6.45, 7) is 4.12. The summed E-state index contributed by atoms with van der Waals surface area (Å²) < 4.78 is 4.71. The Morgan fingerprint density at radius 1 is 1.04 bits per heavy atom. The average Bonchev–Trinajstić information content (AvgIpc) is 2.54. The van der Waals surface area contributed by atoms with Crippen molar-refractivity contribution in [1.82, 2.24) is 0 Å². The van der Waals surface area contributed by atoms with Gasteiger partial charge in [-0.3, -0.25) is 4.79 Å². The normalized spacial score (nSPS) is 10.0. The second-order valence-corrected chi connectivity index (χ2v) is 5.26. The molecule has 5 heteroatoms. The number of carbonyl (C=O) groups excluding carboxylic acids is 2. The lowest BCUT2D eigenvalue weighted by Crippen LogP contribution is -2.23. The van der Waals surface area contributed by atoms with Crippen LogP contribution in [0.25, 0.3) is 0 Å². The zero-order valence-electron chi connectivity index (χ0n) is 13.5. The first kappa shape index (κ1) is 16.5. The summed E-state index contributed by atoms with van der Waals surface area (Å²) in [6, 6.07) is 12.7. The fraction of sp³-hybridized carbons (Fsp3) is 0.222. The molecule has 2 aromatic rings. The Morgan fingerprint density at radius 3 is 2.48 bits per heavy atom. The molecule has 0 aliphatic rings. The molecule has 2 N–H and O–H groups in total. The van der Waals surface area contributed by atoms with Crippen molar-refractivity contribution in [2.75, 3.05) is 24.3 Å². The molecule has 0 fully saturated rings. The summed E-state index contributed by atoms with van der Waals surface area (Å²) in [5, 5.41) is 5.82. The Kier molecular flexibility index (Phi) is 5.36. The third-order valence-electron chi connectivity index (χ3n) is 3.43. The highest BCUT2D eigenvalue weighted by molar-refractivity contribution is 6.02. The van der Waals surface area contributed by atoms with Crippen LogP contribution in [0.15, 0.2) is 42.5 Å². The van der Waals surface area contributed by atoms with Crippen LogP contribution in [-0.4, -0.2) is 25.5 Å². The molecule has 0 spiro atoms. The topological polar surface area (TPSA) is 67.4 Å². The predicted octanol–water partition coefficient (Wildman–Crippen LogP) is 3.14. The van der Waals surface area contributed by atoms with Crippen molar-refractivity contribution in [3.8, 4) is 0 Å². The van der Waals surface area contributed by atoms with Gasteiger partial charge in [-0.05, 0) is 37.6 Å². The minimum Gasteiger partial charge on any atom is -0.465 e. The zero-order valence-corrected chi connectivity index (χ0v) is 13.5. The number of para-hydroxylation sites is 1. The number of methoxy groups -OCH3 is 1. The lowest BCUT2D eigenvalue weighted by molar-refractivity contribution is -0.114. The number of amides is 1. The Morgan fingerprint density at radius 2 is 1.78 bits per heavy atom. The molecule has 120 valence electrons. The average molecular weight is 312 g/mol. The van der Waals surface area contributed by atoms with Gasteiger partial charge in [0.25, 0.3) is 0 Å². The van der Waals surface area contributed by atoms with Crippen molar-refractivity contribution < 1.29 is 14.3 Å². The third-order valence-corrected chi connectivity index (χ3v) is 3.43. The van der Waals surface area contributed by atoms with E-state index < -0.39 is 5.97 Å². The van der Waals surface area contributed by atoms with E-state index in [-0.39, 0.29) is 12.5 Å². The Bertz CT molecular complexity index is 726. The lowest BCUT2D eigenvalue weighted by atomic mass is 10.1. The van der Waals surface area contributed by atoms with E-state index in [0.29, 0.717) is 11.3 Å². The molecule has 5 nitrogen and oxygen atoms in total. The molecule has 0 bridgehead atoms. The molecule has 23 heavy (non-hydrogen) atoms. The van der Waals surface area contributed by atoms with Gasteiger partial charge in [0, 0.05) is 5.69 Å². The van der Waals surface area contributed by atoms with Gasteiger partial charge in [-0.15, -0.1) is 0 Å². The molecule has 2 rings (SSSR count). The quantitative estimate of drug-likeness (QED) is 0.832. The van der Waals surface area contributed by atoms with Gasteiger partial charge in [-0.25, -0.2) is 4.79 Å². The number of anilines is 2. The summed E-state index contributed by atoms with van der Waals surface area (Å²) in [6.07, 6.45) is 0. The second-order valence-electron chi connectivity index (χ2n) is 5.26. The number of rotatable bonds is 5. The number of esters is 1. The minimum atomic E-state index is -0.483. The van der Waals surface area contributed by atoms with Crippen LogP contribution in [0.5, 0.6) is 0 Å². The number of hydrogen-bond acceptors (Lipinski definition) is 4. The molecular weight excluding hydrogens is 292 g/mol. The van der Waals surface area contributed by atoms with E-state index in [4.69, 9.17) is 4.74 Å². The molecule has 0 unspecified atom stereocenters. The molecule has 1 amide bonds. The maximum atomic E-state index is 12.1. The van der Waals surface area contributed by atoms with Crippen LogP contribution >= 0.6 is 0 Å². The van der Waals surface area contributed by atoms with Gasteiger partial charge < -0.3 is 15.4 Å². The molecule has 0 saturated carbocycles. The highest BCUT2D eigenvalue weighted by Gasteiger charge is 2.13. The molecule has 0 aromatic heterocycles. The Labute approximate surface area is 135 Å². The number of benzene rings is 2. The van der Waals surface area contributed by atoms with Crippen molar-refractivity contribution >= 4 is 23.3 Å². The van der Waals surface area contributed by atoms with Crippen LogP contribution in [0.4, 0.5) is 11.4 Å². The van der Waals surface area contributed by atoms with E-state index in [9.17, 15) is 9.59 Å². The summed E-state index contributed by atoms with van der Waals surface area (Å²) in [4.78, 5) is 23.8. The first-order valence-electron chi connectivity index (χ1n) is 7.29. The zero-order chi connectivity index (χ0) is 16.8. The summed E-state index contributed by atoms with van der Waals surface area (Å²) in [7, 11) is 1.31. The first-order valence-corrected chi connectivity index (χ1v) is 7.29. The molecule has 0 saturated heterocycles. The van der Waals surface area contributed by atoms with E-state index in [1.165, 1.54) is 12.7 Å². The minimum absolute atomic E-state index is 0.111. The highest BCUT2D eigenvalue weighted by Crippen LogP contribution is 2.17. The van der Waals surface area contributed by atoms with Gasteiger partial charge >= 0.3 is 5.97 Å². The van der Waals surface area contributed by atoms with E-state index in [0.717, 1.165) is 11.3 Å². The number of ether oxygens (including phenoxy) is 1. The molecule has 0 atom stereocenters. The SMILES string of the molecule is COC(=O)c1ccccc1NC(=O)CNc1ccc(C)cc1C. The van der Waals surface area contributed by atoms with Crippen molar-refractivity contribution in [3.63, 3.8) is 0 Å². The van der Waals surface area contributed by atoms with Crippen LogP contribution in [0.2, 0.25) is 0 Å². The van der Waals surface area contributed by atoms with E-state index in [1.807, 2.05) is 32.0 Å². The summed E-state index contributed by atoms with van der Waals surface area (Å²) in [5.41, 5.74) is 3.92. The van der Waals surface area contributed by atoms with Gasteiger partial charge in [-0.1, -0.05) is 29.8 Å². The largest absolute Gasteiger partial charge is 0.465 e. The summed E-state index contributed by atoms with van der Waals surface area (Å²) in [5.74, 6) is -0.718. The van der Waals surface area contributed by atoms with Crippen molar-refractivity contribution in [3.05, 3.63) is 59.2 Å². The Balaban J connectivity index is 2.01. The predicted molar refractivity (Wildman–Crippen MR) is 90.8 cm³/mol. The number of aryl methyl sites for hydroxylation is 2. The molecule has 0 aliphatic heterocycles. The van der Waals surface area contributed by atoms with Crippen LogP contribution in [-0.2, 0) is 9.53 Å². The van der Waals surface area contributed by atoms with Crippen LogP contribution < -0.4 is 10.6 Å². The lowest BCUT2D eigenvalue weighted by Gasteiger charge is -2.12. The highest BCUT2D eigenvalue weighted by atomic mass is 16.5. The smallest absolute Gasteiger partial charge is 0.339 e. The van der Waals surface area contributed by atoms with Gasteiger partial charge in [0.1, 0.15) is 0 Å². The second kappa shape index (κ2) is 7.45.